The Kier molecular flexibility index (Phi) is 8.32. The molecule has 2 aromatic heterocycles. The molecule has 0 aliphatic carbocycles. The van der Waals surface area contributed by atoms with Gasteiger partial charge in [0, 0.05) is 42.0 Å². The predicted molar refractivity (Wildman–Crippen MR) is 161 cm³/mol. The van der Waals surface area contributed by atoms with Crippen LogP contribution in [-0.4, -0.2) is 57.1 Å². The van der Waals surface area contributed by atoms with E-state index in [9.17, 15) is 18.3 Å². The van der Waals surface area contributed by atoms with Crippen molar-refractivity contribution in [2.24, 2.45) is 0 Å². The Bertz CT molecular complexity index is 1610. The number of anilines is 2. The van der Waals surface area contributed by atoms with Crippen LogP contribution in [0.15, 0.2) is 63.3 Å². The number of ether oxygens (including phenoxy) is 1. The van der Waals surface area contributed by atoms with Crippen LogP contribution in [-0.2, 0) is 14.8 Å². The minimum absolute atomic E-state index is 0.00145. The number of amides is 1. The van der Waals surface area contributed by atoms with Gasteiger partial charge in [-0.3, -0.25) is 9.52 Å². The van der Waals surface area contributed by atoms with Gasteiger partial charge in [-0.1, -0.05) is 12.1 Å². The lowest BCUT2D eigenvalue weighted by Gasteiger charge is -2.36. The molecule has 1 aliphatic heterocycles. The number of carbonyl (C=O) groups is 1. The number of sulfonamides is 1. The summed E-state index contributed by atoms with van der Waals surface area (Å²) in [5, 5.41) is 13.0. The average molecular weight is 651 g/mol. The average Bonchev–Trinajstić information content (AvgIpc) is 3.51. The molecular formula is C27H28BrN3O5S3. The summed E-state index contributed by atoms with van der Waals surface area (Å²) < 4.78 is 36.8. The quantitative estimate of drug-likeness (QED) is 0.233. The molecule has 3 heterocycles. The van der Waals surface area contributed by atoms with Gasteiger partial charge in [0.1, 0.15) is 4.88 Å². The van der Waals surface area contributed by atoms with Crippen molar-refractivity contribution in [1.82, 2.24) is 4.90 Å². The van der Waals surface area contributed by atoms with Gasteiger partial charge < -0.3 is 19.6 Å². The molecule has 1 aliphatic rings. The van der Waals surface area contributed by atoms with Gasteiger partial charge in [-0.15, -0.1) is 22.7 Å². The largest absolute Gasteiger partial charge is 0.366 e. The summed E-state index contributed by atoms with van der Waals surface area (Å²) in [6.07, 6.45) is -1.04. The van der Waals surface area contributed by atoms with E-state index in [0.29, 0.717) is 48.2 Å². The Morgan fingerprint density at radius 3 is 2.59 bits per heavy atom. The highest BCUT2D eigenvalue weighted by Gasteiger charge is 2.27. The maximum absolute atomic E-state index is 13.5. The van der Waals surface area contributed by atoms with Crippen molar-refractivity contribution in [2.75, 3.05) is 42.4 Å². The SMILES string of the molecule is CCOC(O)c1sc2ccc(S(=O)(=O)Nc3ccccc3N3CCN(C(=O)c4sccc4Br)CC3)cc2c1C. The lowest BCUT2D eigenvalue weighted by atomic mass is 10.1. The third kappa shape index (κ3) is 5.72. The number of nitrogens with one attached hydrogen (secondary N) is 1. The summed E-state index contributed by atoms with van der Waals surface area (Å²) in [6.45, 7) is 6.27. The standard InChI is InChI=1S/C27H28BrN3O5S3/c1-3-36-27(33)24-17(2)19-16-18(8-9-23(19)38-24)39(34,35)29-21-6-4-5-7-22(21)30-11-13-31(14-12-30)26(32)25-20(28)10-15-37-25/h4-10,15-16,27,29,33H,3,11-14H2,1-2H3. The molecule has 5 rings (SSSR count). The van der Waals surface area contributed by atoms with Crippen molar-refractivity contribution in [3.05, 3.63) is 73.7 Å². The molecule has 2 aromatic carbocycles. The molecule has 0 bridgehead atoms. The first-order valence-corrected chi connectivity index (χ1v) is 16.4. The van der Waals surface area contributed by atoms with E-state index in [1.54, 1.807) is 30.3 Å². The van der Waals surface area contributed by atoms with E-state index in [2.05, 4.69) is 25.6 Å². The molecule has 1 amide bonds. The minimum Gasteiger partial charge on any atom is -0.366 e. The molecule has 4 aromatic rings. The number of nitrogens with zero attached hydrogens (tertiary/aromatic N) is 2. The van der Waals surface area contributed by atoms with Gasteiger partial charge >= 0.3 is 0 Å². The van der Waals surface area contributed by atoms with Crippen LogP contribution in [0.25, 0.3) is 10.1 Å². The lowest BCUT2D eigenvalue weighted by Crippen LogP contribution is -2.48. The van der Waals surface area contributed by atoms with Crippen LogP contribution in [0.5, 0.6) is 0 Å². The minimum atomic E-state index is -3.90. The van der Waals surface area contributed by atoms with Crippen LogP contribution in [0.2, 0.25) is 0 Å². The number of aliphatic hydroxyl groups is 1. The van der Waals surface area contributed by atoms with Gasteiger partial charge in [-0.25, -0.2) is 8.42 Å². The molecule has 8 nitrogen and oxygen atoms in total. The van der Waals surface area contributed by atoms with Crippen molar-refractivity contribution in [3.8, 4) is 0 Å². The zero-order valence-corrected chi connectivity index (χ0v) is 25.4. The van der Waals surface area contributed by atoms with Crippen LogP contribution in [0.1, 0.15) is 33.3 Å². The molecule has 1 fully saturated rings. The Morgan fingerprint density at radius 2 is 1.90 bits per heavy atom. The Morgan fingerprint density at radius 1 is 1.15 bits per heavy atom. The molecule has 1 unspecified atom stereocenters. The topological polar surface area (TPSA) is 99.2 Å². The fourth-order valence-electron chi connectivity index (χ4n) is 4.63. The number of piperazine rings is 1. The third-order valence-electron chi connectivity index (χ3n) is 6.67. The number of aliphatic hydroxyl groups excluding tert-OH is 1. The molecule has 206 valence electrons. The summed E-state index contributed by atoms with van der Waals surface area (Å²) in [5.74, 6) is 0.00145. The first-order chi connectivity index (χ1) is 18.7. The lowest BCUT2D eigenvalue weighted by molar-refractivity contribution is -0.0958. The highest BCUT2D eigenvalue weighted by Crippen LogP contribution is 2.37. The van der Waals surface area contributed by atoms with Gasteiger partial charge in [0.05, 0.1) is 21.1 Å². The summed E-state index contributed by atoms with van der Waals surface area (Å²) in [4.78, 5) is 18.3. The maximum Gasteiger partial charge on any atom is 0.265 e. The molecule has 0 spiro atoms. The molecule has 39 heavy (non-hydrogen) atoms. The van der Waals surface area contributed by atoms with E-state index < -0.39 is 16.3 Å². The number of hydrogen-bond acceptors (Lipinski definition) is 8. The number of thiophene rings is 2. The zero-order chi connectivity index (χ0) is 27.7. The van der Waals surface area contributed by atoms with Crippen LogP contribution in [0.3, 0.4) is 0 Å². The number of hydrogen-bond donors (Lipinski definition) is 2. The van der Waals surface area contributed by atoms with Crippen molar-refractivity contribution in [3.63, 3.8) is 0 Å². The molecule has 1 atom stereocenters. The van der Waals surface area contributed by atoms with E-state index in [4.69, 9.17) is 4.74 Å². The first-order valence-electron chi connectivity index (χ1n) is 12.4. The van der Waals surface area contributed by atoms with Gasteiger partial charge in [0.15, 0.2) is 6.29 Å². The van der Waals surface area contributed by atoms with Crippen molar-refractivity contribution in [2.45, 2.75) is 25.0 Å². The number of para-hydroxylation sites is 2. The van der Waals surface area contributed by atoms with Crippen molar-refractivity contribution < 1.29 is 23.1 Å². The molecular weight excluding hydrogens is 622 g/mol. The smallest absolute Gasteiger partial charge is 0.265 e. The molecule has 0 saturated carbocycles. The Labute approximate surface area is 244 Å². The molecule has 1 saturated heterocycles. The summed E-state index contributed by atoms with van der Waals surface area (Å²) in [5.41, 5.74) is 2.05. The number of aryl methyl sites for hydroxylation is 1. The van der Waals surface area contributed by atoms with Crippen LogP contribution in [0.4, 0.5) is 11.4 Å². The second kappa shape index (κ2) is 11.6. The Hall–Kier alpha value is -2.48. The highest BCUT2D eigenvalue weighted by atomic mass is 79.9. The third-order valence-corrected chi connectivity index (χ3v) is 11.2. The number of halogens is 1. The summed E-state index contributed by atoms with van der Waals surface area (Å²) in [6, 6.07) is 14.2. The zero-order valence-electron chi connectivity index (χ0n) is 21.4. The van der Waals surface area contributed by atoms with E-state index in [-0.39, 0.29) is 10.8 Å². The predicted octanol–water partition coefficient (Wildman–Crippen LogP) is 5.82. The second-order valence-corrected chi connectivity index (χ2v) is 13.6. The van der Waals surface area contributed by atoms with E-state index >= 15 is 0 Å². The van der Waals surface area contributed by atoms with Gasteiger partial charge in [-0.05, 0) is 82.5 Å². The highest BCUT2D eigenvalue weighted by molar-refractivity contribution is 9.10. The van der Waals surface area contributed by atoms with Crippen LogP contribution in [0, 0.1) is 6.92 Å². The molecule has 2 N–H and O–H groups in total. The number of carbonyl (C=O) groups excluding carboxylic acids is 1. The fourth-order valence-corrected chi connectivity index (χ4v) is 8.37. The van der Waals surface area contributed by atoms with Crippen molar-refractivity contribution in [1.29, 1.82) is 0 Å². The number of fused-ring (bicyclic) bond motifs is 1. The number of rotatable bonds is 8. The number of benzene rings is 2. The van der Waals surface area contributed by atoms with Gasteiger partial charge in [0.25, 0.3) is 15.9 Å². The Balaban J connectivity index is 1.34. The first kappa shape index (κ1) is 28.1. The summed E-state index contributed by atoms with van der Waals surface area (Å²) >= 11 is 6.25. The van der Waals surface area contributed by atoms with E-state index in [0.717, 1.165) is 25.8 Å². The molecule has 12 heteroatoms. The van der Waals surface area contributed by atoms with E-state index in [1.165, 1.54) is 22.7 Å². The summed E-state index contributed by atoms with van der Waals surface area (Å²) in [7, 11) is -3.90. The monoisotopic (exact) mass is 649 g/mol. The van der Waals surface area contributed by atoms with Crippen LogP contribution < -0.4 is 9.62 Å². The maximum atomic E-state index is 13.5. The van der Waals surface area contributed by atoms with Crippen molar-refractivity contribution >= 4 is 76.0 Å². The van der Waals surface area contributed by atoms with E-state index in [1.807, 2.05) is 42.3 Å². The fraction of sp³-hybridized carbons (Fsp3) is 0.296. The normalized spacial score (nSPS) is 15.1. The van der Waals surface area contributed by atoms with Crippen LogP contribution >= 0.6 is 38.6 Å². The van der Waals surface area contributed by atoms with Gasteiger partial charge in [-0.2, -0.15) is 0 Å². The second-order valence-electron chi connectivity index (χ2n) is 9.06. The molecule has 0 radical (unpaired) electrons. The van der Waals surface area contributed by atoms with Gasteiger partial charge in [0.2, 0.25) is 0 Å².